The summed E-state index contributed by atoms with van der Waals surface area (Å²) in [4.78, 5) is 2.27. The quantitative estimate of drug-likeness (QED) is 0.470. The van der Waals surface area contributed by atoms with Crippen molar-refractivity contribution < 1.29 is 43.4 Å². The summed E-state index contributed by atoms with van der Waals surface area (Å²) in [5.74, 6) is 0. The van der Waals surface area contributed by atoms with Gasteiger partial charge in [0.25, 0.3) is 0 Å². The second-order valence-corrected chi connectivity index (χ2v) is 5.29. The third-order valence-electron chi connectivity index (χ3n) is 1.03. The normalized spacial score (nSPS) is 22.8. The molecule has 1 fully saturated rings. The molecule has 0 aromatic carbocycles. The van der Waals surface area contributed by atoms with Crippen LogP contribution in [0.2, 0.25) is 0 Å². The van der Waals surface area contributed by atoms with E-state index in [0.29, 0.717) is 0 Å². The topological polar surface area (TPSA) is 12.5 Å². The maximum absolute atomic E-state index is 5.42. The molecule has 1 heterocycles. The van der Waals surface area contributed by atoms with Crippen molar-refractivity contribution in [2.24, 2.45) is 0 Å². The molecule has 0 aromatic heterocycles. The van der Waals surface area contributed by atoms with Gasteiger partial charge in [-0.2, -0.15) is 0 Å². The van der Waals surface area contributed by atoms with Crippen LogP contribution in [-0.4, -0.2) is 33.2 Å². The Balaban J connectivity index is 2.53. The van der Waals surface area contributed by atoms with Gasteiger partial charge in [-0.1, -0.05) is 0 Å². The van der Waals surface area contributed by atoms with Gasteiger partial charge in [-0.15, -0.1) is 0 Å². The Bertz CT molecular complexity index is 141. The van der Waals surface area contributed by atoms with Crippen LogP contribution < -0.4 is 0 Å². The molecule has 1 saturated heterocycles. The van der Waals surface area contributed by atoms with E-state index in [1.807, 2.05) is 0 Å². The van der Waals surface area contributed by atoms with E-state index >= 15 is 0 Å². The summed E-state index contributed by atoms with van der Waals surface area (Å²) in [6.45, 7) is 2.04. The molecule has 0 atom stereocenters. The van der Waals surface area contributed by atoms with E-state index in [1.54, 1.807) is 0 Å². The van der Waals surface area contributed by atoms with E-state index in [-0.39, 0.29) is 0 Å². The molecule has 50 valence electrons. The van der Waals surface area contributed by atoms with Crippen LogP contribution in [0.3, 0.4) is 0 Å². The van der Waals surface area contributed by atoms with Gasteiger partial charge < -0.3 is 0 Å². The first-order valence-corrected chi connectivity index (χ1v) is 5.54. The van der Waals surface area contributed by atoms with Gasteiger partial charge >= 0.3 is 76.6 Å². The van der Waals surface area contributed by atoms with E-state index in [4.69, 9.17) is 4.74 Å². The van der Waals surface area contributed by atoms with E-state index in [2.05, 4.69) is 11.9 Å². The molecule has 0 N–H and O–H groups in total. The summed E-state index contributed by atoms with van der Waals surface area (Å²) in [5, 5.41) is 0. The van der Waals surface area contributed by atoms with Gasteiger partial charge in [0.15, 0.2) is 0 Å². The fraction of sp³-hybridized carbons (Fsp3) is 0.600. The molecule has 0 aromatic rings. The van der Waals surface area contributed by atoms with Crippen LogP contribution in [0.25, 0.3) is 0 Å². The molecule has 0 amide bonds. The Morgan fingerprint density at radius 3 is 2.11 bits per heavy atom. The van der Waals surface area contributed by atoms with E-state index in [0.717, 1.165) is 13.1 Å². The summed E-state index contributed by atoms with van der Waals surface area (Å²) < 4.78 is 7.83. The zero-order chi connectivity index (χ0) is 6.85. The molecule has 0 spiro atoms. The Hall–Kier alpha value is 1.04. The first-order chi connectivity index (χ1) is 4.18. The van der Waals surface area contributed by atoms with Crippen molar-refractivity contribution in [3.05, 3.63) is 0 Å². The van der Waals surface area contributed by atoms with Crippen LogP contribution in [0, 0.1) is 0 Å². The Labute approximate surface area is 76.4 Å². The van der Waals surface area contributed by atoms with Crippen molar-refractivity contribution >= 4 is 8.17 Å². The molecule has 4 heteroatoms. The van der Waals surface area contributed by atoms with Crippen LogP contribution in [0.4, 0.5) is 0 Å². The molecular weight excluding hydrogens is 458 g/mol. The first kappa shape index (κ1) is 8.14. The molecule has 0 aliphatic carbocycles. The molecular formula is C5H7NOW2. The van der Waals surface area contributed by atoms with Crippen molar-refractivity contribution in [3.63, 3.8) is 0 Å². The van der Waals surface area contributed by atoms with Crippen LogP contribution >= 0.6 is 0 Å². The molecule has 2 nitrogen and oxygen atoms in total. The van der Waals surface area contributed by atoms with Crippen molar-refractivity contribution in [1.82, 2.24) is 4.90 Å². The standard InChI is InChI=1S/C5H7NO.2W/c1-6-2-4-7-5-3-6;;/h2-3H2,1H3;;. The third kappa shape index (κ3) is 2.63. The molecule has 0 unspecified atom stereocenters. The molecule has 0 bridgehead atoms. The minimum absolute atomic E-state index is 1.02. The summed E-state index contributed by atoms with van der Waals surface area (Å²) in [6, 6.07) is 0. The molecule has 9 heavy (non-hydrogen) atoms. The number of nitrogens with zero attached hydrogens (tertiary/aromatic N) is 1. The summed E-state index contributed by atoms with van der Waals surface area (Å²) >= 11 is 2.91. The van der Waals surface area contributed by atoms with Crippen LogP contribution in [0.1, 0.15) is 0 Å². The zero-order valence-corrected chi connectivity index (χ0v) is 11.0. The van der Waals surface area contributed by atoms with Crippen molar-refractivity contribution in [1.29, 1.82) is 0 Å². The molecule has 1 rings (SSSR count). The minimum atomic E-state index is 1.02. The second kappa shape index (κ2) is 3.43. The molecule has 0 radical (unpaired) electrons. The second-order valence-electron chi connectivity index (χ2n) is 2.02. The summed E-state index contributed by atoms with van der Waals surface area (Å²) in [7, 11) is 2.12. The van der Waals surface area contributed by atoms with Crippen LogP contribution in [0.5, 0.6) is 0 Å². The Morgan fingerprint density at radius 2 is 1.78 bits per heavy atom. The summed E-state index contributed by atoms with van der Waals surface area (Å²) in [6.07, 6.45) is 0. The number of hydrogen-bond donors (Lipinski definition) is 0. The first-order valence-electron chi connectivity index (χ1n) is 2.60. The third-order valence-corrected chi connectivity index (χ3v) is 2.55. The van der Waals surface area contributed by atoms with E-state index in [1.165, 1.54) is 46.9 Å². The Kier molecular flexibility index (Phi) is 3.10. The van der Waals surface area contributed by atoms with Gasteiger partial charge in [0.1, 0.15) is 0 Å². The molecule has 0 saturated carbocycles. The van der Waals surface area contributed by atoms with E-state index in [9.17, 15) is 0 Å². The van der Waals surface area contributed by atoms with Gasteiger partial charge in [0.2, 0.25) is 0 Å². The average Bonchev–Trinajstić information content (AvgIpc) is 1.59. The SMILES string of the molecule is CN1C[C](=[W])O[C](=[W])C1. The number of morpholine rings is 1. The van der Waals surface area contributed by atoms with Crippen molar-refractivity contribution in [2.45, 2.75) is 0 Å². The van der Waals surface area contributed by atoms with E-state index < -0.39 is 0 Å². The summed E-state index contributed by atoms with van der Waals surface area (Å²) in [5.41, 5.74) is 0. The van der Waals surface area contributed by atoms with Crippen molar-refractivity contribution in [3.8, 4) is 0 Å². The fourth-order valence-corrected chi connectivity index (χ4v) is 3.82. The number of rotatable bonds is 0. The van der Waals surface area contributed by atoms with Gasteiger partial charge in [-0.05, 0) is 0 Å². The van der Waals surface area contributed by atoms with Crippen LogP contribution in [-0.2, 0) is 43.4 Å². The molecule has 1 aliphatic heterocycles. The predicted molar refractivity (Wildman–Crippen MR) is 28.6 cm³/mol. The van der Waals surface area contributed by atoms with Crippen LogP contribution in [0.15, 0.2) is 0 Å². The monoisotopic (exact) mass is 465 g/mol. The zero-order valence-electron chi connectivity index (χ0n) is 5.09. The van der Waals surface area contributed by atoms with Crippen molar-refractivity contribution in [2.75, 3.05) is 20.1 Å². The fourth-order valence-electron chi connectivity index (χ4n) is 0.688. The van der Waals surface area contributed by atoms with Gasteiger partial charge in [-0.25, -0.2) is 0 Å². The van der Waals surface area contributed by atoms with Gasteiger partial charge in [0, 0.05) is 0 Å². The maximum atomic E-state index is 5.42. The number of ether oxygens (including phenoxy) is 1. The Morgan fingerprint density at radius 1 is 1.33 bits per heavy atom. The molecule has 1 aliphatic rings. The predicted octanol–water partition coefficient (Wildman–Crippen LogP) is -0.698. The van der Waals surface area contributed by atoms with Gasteiger partial charge in [-0.3, -0.25) is 0 Å². The average molecular weight is 465 g/mol. The number of likely N-dealkylation sites (N-methyl/N-ethyl adjacent to an activating group) is 1. The van der Waals surface area contributed by atoms with Gasteiger partial charge in [0.05, 0.1) is 0 Å². The number of hydrogen-bond acceptors (Lipinski definition) is 2.